The van der Waals surface area contributed by atoms with Gasteiger partial charge < -0.3 is 19.9 Å². The molecular formula is C23H32N6O3S. The first-order chi connectivity index (χ1) is 15.9. The van der Waals surface area contributed by atoms with Crippen molar-refractivity contribution in [3.05, 3.63) is 28.7 Å². The van der Waals surface area contributed by atoms with Crippen LogP contribution in [-0.2, 0) is 14.3 Å². The van der Waals surface area contributed by atoms with Gasteiger partial charge in [-0.25, -0.2) is 15.0 Å². The molecule has 0 aromatic carbocycles. The Bertz CT molecular complexity index is 988. The molecule has 0 saturated carbocycles. The van der Waals surface area contributed by atoms with E-state index in [1.807, 2.05) is 31.0 Å². The van der Waals surface area contributed by atoms with Gasteiger partial charge in [0.25, 0.3) is 0 Å². The number of methoxy groups -OCH3 is 1. The van der Waals surface area contributed by atoms with Gasteiger partial charge in [0.15, 0.2) is 5.13 Å². The number of anilines is 2. The molecule has 2 aliphatic heterocycles. The maximum atomic E-state index is 13.3. The monoisotopic (exact) mass is 472 g/mol. The maximum absolute atomic E-state index is 13.3. The molecule has 1 N–H and O–H groups in total. The van der Waals surface area contributed by atoms with Gasteiger partial charge >= 0.3 is 0 Å². The van der Waals surface area contributed by atoms with Gasteiger partial charge in [0.2, 0.25) is 11.8 Å². The summed E-state index contributed by atoms with van der Waals surface area (Å²) in [7, 11) is 1.51. The molecule has 2 aliphatic rings. The largest absolute Gasteiger partial charge is 0.375 e. The topological polar surface area (TPSA) is 101 Å². The molecule has 2 amide bonds. The second-order valence-electron chi connectivity index (χ2n) is 8.79. The van der Waals surface area contributed by atoms with E-state index in [0.717, 1.165) is 59.4 Å². The fourth-order valence-corrected chi connectivity index (χ4v) is 5.29. The molecule has 4 heterocycles. The smallest absolute Gasteiger partial charge is 0.249 e. The van der Waals surface area contributed by atoms with Crippen LogP contribution in [-0.4, -0.2) is 76.0 Å². The first kappa shape index (κ1) is 23.6. The van der Waals surface area contributed by atoms with Gasteiger partial charge in [0.1, 0.15) is 24.3 Å². The van der Waals surface area contributed by atoms with Crippen LogP contribution in [0.1, 0.15) is 54.4 Å². The lowest BCUT2D eigenvalue weighted by Gasteiger charge is -2.39. The van der Waals surface area contributed by atoms with E-state index in [1.165, 1.54) is 7.11 Å². The van der Waals surface area contributed by atoms with Gasteiger partial charge in [-0.15, -0.1) is 11.3 Å². The third-order valence-electron chi connectivity index (χ3n) is 6.28. The highest BCUT2D eigenvalue weighted by Gasteiger charge is 2.36. The number of nitrogens with zero attached hydrogens (tertiary/aromatic N) is 5. The molecule has 0 radical (unpaired) electrons. The first-order valence-electron chi connectivity index (χ1n) is 11.6. The Balaban J connectivity index is 1.39. The number of carbonyl (C=O) groups excluding carboxylic acids is 2. The number of aryl methyl sites for hydroxylation is 2. The zero-order valence-corrected chi connectivity index (χ0v) is 20.4. The zero-order chi connectivity index (χ0) is 23.4. The van der Waals surface area contributed by atoms with Crippen molar-refractivity contribution in [3.63, 3.8) is 0 Å². The van der Waals surface area contributed by atoms with Crippen molar-refractivity contribution in [2.24, 2.45) is 0 Å². The van der Waals surface area contributed by atoms with E-state index in [4.69, 9.17) is 9.72 Å². The summed E-state index contributed by atoms with van der Waals surface area (Å²) < 4.78 is 5.01. The molecule has 4 rings (SSSR count). The number of carbonyl (C=O) groups is 2. The highest BCUT2D eigenvalue weighted by molar-refractivity contribution is 7.15. The van der Waals surface area contributed by atoms with Gasteiger partial charge in [0.05, 0.1) is 0 Å². The lowest BCUT2D eigenvalue weighted by Crippen LogP contribution is -2.55. The molecule has 0 unspecified atom stereocenters. The van der Waals surface area contributed by atoms with Crippen LogP contribution in [0.5, 0.6) is 0 Å². The third kappa shape index (κ3) is 5.67. The van der Waals surface area contributed by atoms with E-state index in [1.54, 1.807) is 16.2 Å². The number of amides is 2. The van der Waals surface area contributed by atoms with Crippen molar-refractivity contribution in [1.29, 1.82) is 0 Å². The molecule has 1 atom stereocenters. The summed E-state index contributed by atoms with van der Waals surface area (Å²) in [4.78, 5) is 44.3. The Kier molecular flexibility index (Phi) is 7.54. The van der Waals surface area contributed by atoms with Crippen LogP contribution in [0.3, 0.4) is 0 Å². The Hall–Kier alpha value is -2.59. The van der Waals surface area contributed by atoms with Crippen LogP contribution in [0.15, 0.2) is 12.3 Å². The highest BCUT2D eigenvalue weighted by Crippen LogP contribution is 2.29. The van der Waals surface area contributed by atoms with Crippen LogP contribution in [0.2, 0.25) is 0 Å². The molecule has 2 aromatic heterocycles. The van der Waals surface area contributed by atoms with Gasteiger partial charge in [0, 0.05) is 55.5 Å². The van der Waals surface area contributed by atoms with Gasteiger partial charge in [-0.2, -0.15) is 0 Å². The molecule has 0 bridgehead atoms. The molecule has 2 aromatic rings. The molecule has 10 heteroatoms. The summed E-state index contributed by atoms with van der Waals surface area (Å²) in [5, 5.41) is 4.10. The lowest BCUT2D eigenvalue weighted by molar-refractivity contribution is -0.150. The highest BCUT2D eigenvalue weighted by atomic mass is 32.1. The van der Waals surface area contributed by atoms with Crippen molar-refractivity contribution in [3.8, 4) is 0 Å². The van der Waals surface area contributed by atoms with Crippen LogP contribution in [0.4, 0.5) is 10.9 Å². The number of thiazole rings is 1. The number of piperidine rings is 2. The van der Waals surface area contributed by atoms with E-state index < -0.39 is 0 Å². The molecule has 0 aliphatic carbocycles. The van der Waals surface area contributed by atoms with Crippen LogP contribution in [0.25, 0.3) is 0 Å². The molecule has 2 saturated heterocycles. The quantitative estimate of drug-likeness (QED) is 0.690. The van der Waals surface area contributed by atoms with Crippen LogP contribution in [0, 0.1) is 13.8 Å². The summed E-state index contributed by atoms with van der Waals surface area (Å²) in [5.41, 5.74) is 0.906. The summed E-state index contributed by atoms with van der Waals surface area (Å²) in [6, 6.07) is 1.55. The number of rotatable bonds is 6. The number of aromatic nitrogens is 3. The molecule has 2 fully saturated rings. The molecule has 178 valence electrons. The SMILES string of the molecule is COCC(=O)N1CCCC[C@@H]1C(=O)N1CCC(c2nc(C)cc(Nc3ncc(C)s3)n2)CC1. The molecule has 33 heavy (non-hydrogen) atoms. The minimum Gasteiger partial charge on any atom is -0.375 e. The summed E-state index contributed by atoms with van der Waals surface area (Å²) >= 11 is 1.59. The van der Waals surface area contributed by atoms with Crippen molar-refractivity contribution < 1.29 is 14.3 Å². The number of ether oxygens (including phenoxy) is 1. The number of hydrogen-bond donors (Lipinski definition) is 1. The Morgan fingerprint density at radius 3 is 2.64 bits per heavy atom. The second kappa shape index (κ2) is 10.6. The van der Waals surface area contributed by atoms with Crippen LogP contribution < -0.4 is 5.32 Å². The number of hydrogen-bond acceptors (Lipinski definition) is 8. The minimum atomic E-state index is -0.370. The van der Waals surface area contributed by atoms with Crippen molar-refractivity contribution in [2.45, 2.75) is 57.9 Å². The summed E-state index contributed by atoms with van der Waals surface area (Å²) in [5.74, 6) is 1.72. The Morgan fingerprint density at radius 1 is 1.15 bits per heavy atom. The van der Waals surface area contributed by atoms with Gasteiger partial charge in [-0.1, -0.05) is 0 Å². The summed E-state index contributed by atoms with van der Waals surface area (Å²) in [6.07, 6.45) is 6.08. The fourth-order valence-electron chi connectivity index (χ4n) is 4.62. The lowest BCUT2D eigenvalue weighted by atomic mass is 9.94. The van der Waals surface area contributed by atoms with Gasteiger partial charge in [-0.3, -0.25) is 9.59 Å². The van der Waals surface area contributed by atoms with E-state index >= 15 is 0 Å². The van der Waals surface area contributed by atoms with E-state index in [2.05, 4.69) is 15.3 Å². The average molecular weight is 473 g/mol. The third-order valence-corrected chi connectivity index (χ3v) is 7.10. The second-order valence-corrected chi connectivity index (χ2v) is 10.0. The predicted molar refractivity (Wildman–Crippen MR) is 127 cm³/mol. The van der Waals surface area contributed by atoms with E-state index in [0.29, 0.717) is 19.6 Å². The molecular weight excluding hydrogens is 440 g/mol. The van der Waals surface area contributed by atoms with E-state index in [-0.39, 0.29) is 30.4 Å². The number of likely N-dealkylation sites (tertiary alicyclic amines) is 2. The average Bonchev–Trinajstić information content (AvgIpc) is 3.22. The molecule has 0 spiro atoms. The fraction of sp³-hybridized carbons (Fsp3) is 0.609. The van der Waals surface area contributed by atoms with Gasteiger partial charge in [-0.05, 0) is 46.0 Å². The standard InChI is InChI=1S/C23H32N6O3S/c1-15-12-19(27-23-24-13-16(2)33-23)26-21(25-15)17-7-10-28(11-8-17)22(31)18-6-4-5-9-29(18)20(30)14-32-3/h12-13,17-18H,4-11,14H2,1-3H3,(H,24,25,26,27)/t18-/m1/s1. The van der Waals surface area contributed by atoms with Crippen molar-refractivity contribution >= 4 is 34.1 Å². The maximum Gasteiger partial charge on any atom is 0.249 e. The minimum absolute atomic E-state index is 0.0213. The Labute approximate surface area is 198 Å². The summed E-state index contributed by atoms with van der Waals surface area (Å²) in [6.45, 7) is 5.94. The predicted octanol–water partition coefficient (Wildman–Crippen LogP) is 3.03. The van der Waals surface area contributed by atoms with E-state index in [9.17, 15) is 9.59 Å². The number of nitrogens with one attached hydrogen (secondary N) is 1. The normalized spacial score (nSPS) is 19.5. The van der Waals surface area contributed by atoms with Crippen molar-refractivity contribution in [2.75, 3.05) is 38.7 Å². The molecule has 9 nitrogen and oxygen atoms in total. The van der Waals surface area contributed by atoms with Crippen LogP contribution >= 0.6 is 11.3 Å². The first-order valence-corrected chi connectivity index (χ1v) is 12.4. The zero-order valence-electron chi connectivity index (χ0n) is 19.5. The Morgan fingerprint density at radius 2 is 1.94 bits per heavy atom. The van der Waals surface area contributed by atoms with Crippen molar-refractivity contribution in [1.82, 2.24) is 24.8 Å².